The van der Waals surface area contributed by atoms with Crippen molar-refractivity contribution in [2.45, 2.75) is 19.9 Å². The van der Waals surface area contributed by atoms with Crippen LogP contribution in [0.5, 0.6) is 0 Å². The molecule has 1 fully saturated rings. The SMILES string of the molecule is CCOC(=O)C1=C(CN2CCN(C(=O)c3ccc(F)cc3)CC2)N(CC)C(=O)NC1c1ccsc1. The smallest absolute Gasteiger partial charge is 0.338 e. The van der Waals surface area contributed by atoms with Crippen molar-refractivity contribution in [2.75, 3.05) is 45.9 Å². The Hall–Kier alpha value is -3.24. The Morgan fingerprint density at radius 3 is 2.43 bits per heavy atom. The minimum absolute atomic E-state index is 0.138. The number of likely N-dealkylation sites (N-methyl/N-ethyl adjacent to an activating group) is 1. The van der Waals surface area contributed by atoms with Crippen LogP contribution in [-0.4, -0.2) is 78.5 Å². The number of amides is 3. The zero-order valence-corrected chi connectivity index (χ0v) is 20.6. The van der Waals surface area contributed by atoms with Crippen molar-refractivity contribution in [3.8, 4) is 0 Å². The lowest BCUT2D eigenvalue weighted by Gasteiger charge is -2.40. The molecular formula is C25H29FN4O4S. The summed E-state index contributed by atoms with van der Waals surface area (Å²) >= 11 is 1.50. The molecule has 35 heavy (non-hydrogen) atoms. The molecule has 2 aromatic rings. The van der Waals surface area contributed by atoms with Gasteiger partial charge in [0.05, 0.1) is 18.2 Å². The van der Waals surface area contributed by atoms with E-state index >= 15 is 0 Å². The topological polar surface area (TPSA) is 82.2 Å². The van der Waals surface area contributed by atoms with Gasteiger partial charge < -0.3 is 15.0 Å². The molecule has 186 valence electrons. The predicted octanol–water partition coefficient (Wildman–Crippen LogP) is 3.25. The Morgan fingerprint density at radius 2 is 1.83 bits per heavy atom. The summed E-state index contributed by atoms with van der Waals surface area (Å²) in [5.41, 5.74) is 2.36. The third-order valence-corrected chi connectivity index (χ3v) is 6.95. The number of esters is 1. The lowest BCUT2D eigenvalue weighted by atomic mass is 9.96. The summed E-state index contributed by atoms with van der Waals surface area (Å²) in [5, 5.41) is 6.79. The average Bonchev–Trinajstić information content (AvgIpc) is 3.39. The number of benzene rings is 1. The van der Waals surface area contributed by atoms with E-state index in [0.717, 1.165) is 5.56 Å². The molecular weight excluding hydrogens is 471 g/mol. The van der Waals surface area contributed by atoms with Crippen LogP contribution in [0.4, 0.5) is 9.18 Å². The number of nitrogens with one attached hydrogen (secondary N) is 1. The van der Waals surface area contributed by atoms with Gasteiger partial charge in [0, 0.05) is 50.5 Å². The third kappa shape index (κ3) is 5.38. The van der Waals surface area contributed by atoms with Crippen molar-refractivity contribution in [3.05, 3.63) is 69.3 Å². The molecule has 8 nitrogen and oxygen atoms in total. The molecule has 2 aliphatic heterocycles. The van der Waals surface area contributed by atoms with Gasteiger partial charge in [-0.2, -0.15) is 11.3 Å². The van der Waals surface area contributed by atoms with Gasteiger partial charge in [0.1, 0.15) is 5.82 Å². The van der Waals surface area contributed by atoms with Gasteiger partial charge in [-0.1, -0.05) is 0 Å². The maximum Gasteiger partial charge on any atom is 0.338 e. The molecule has 1 N–H and O–H groups in total. The number of hydrogen-bond donors (Lipinski definition) is 1. The van der Waals surface area contributed by atoms with Crippen LogP contribution in [-0.2, 0) is 9.53 Å². The van der Waals surface area contributed by atoms with Gasteiger partial charge in [-0.15, -0.1) is 0 Å². The van der Waals surface area contributed by atoms with Gasteiger partial charge in [-0.3, -0.25) is 14.6 Å². The second-order valence-corrected chi connectivity index (χ2v) is 9.12. The van der Waals surface area contributed by atoms with Crippen LogP contribution in [0.1, 0.15) is 35.8 Å². The second kappa shape index (κ2) is 11.0. The van der Waals surface area contributed by atoms with Crippen LogP contribution < -0.4 is 5.32 Å². The van der Waals surface area contributed by atoms with Crippen molar-refractivity contribution in [3.63, 3.8) is 0 Å². The third-order valence-electron chi connectivity index (χ3n) is 6.25. The number of hydrogen-bond acceptors (Lipinski definition) is 6. The highest BCUT2D eigenvalue weighted by molar-refractivity contribution is 7.08. The zero-order valence-electron chi connectivity index (χ0n) is 19.8. The van der Waals surface area contributed by atoms with Gasteiger partial charge in [-0.05, 0) is 60.5 Å². The normalized spacial score (nSPS) is 19.1. The maximum atomic E-state index is 13.2. The fraction of sp³-hybridized carbons (Fsp3) is 0.400. The number of urea groups is 1. The van der Waals surface area contributed by atoms with E-state index in [-0.39, 0.29) is 24.4 Å². The first-order chi connectivity index (χ1) is 16.9. The summed E-state index contributed by atoms with van der Waals surface area (Å²) in [4.78, 5) is 44.3. The number of carbonyl (C=O) groups is 3. The van der Waals surface area contributed by atoms with E-state index in [9.17, 15) is 18.8 Å². The minimum Gasteiger partial charge on any atom is -0.463 e. The number of halogens is 1. The van der Waals surface area contributed by atoms with Gasteiger partial charge in [-0.25, -0.2) is 14.0 Å². The van der Waals surface area contributed by atoms with E-state index in [4.69, 9.17) is 4.74 Å². The van der Waals surface area contributed by atoms with Gasteiger partial charge in [0.15, 0.2) is 0 Å². The van der Waals surface area contributed by atoms with Crippen molar-refractivity contribution in [1.29, 1.82) is 0 Å². The number of carbonyl (C=O) groups excluding carboxylic acids is 3. The molecule has 2 aliphatic rings. The lowest BCUT2D eigenvalue weighted by Crippen LogP contribution is -2.53. The molecule has 1 saturated heterocycles. The minimum atomic E-state index is -0.577. The Bertz CT molecular complexity index is 1100. The summed E-state index contributed by atoms with van der Waals surface area (Å²) in [6, 6.07) is 6.61. The number of ether oxygens (including phenoxy) is 1. The molecule has 0 saturated carbocycles. The molecule has 10 heteroatoms. The van der Waals surface area contributed by atoms with E-state index in [1.165, 1.54) is 35.6 Å². The van der Waals surface area contributed by atoms with Crippen molar-refractivity contribution in [2.24, 2.45) is 0 Å². The van der Waals surface area contributed by atoms with Gasteiger partial charge in [0.25, 0.3) is 5.91 Å². The van der Waals surface area contributed by atoms with Crippen molar-refractivity contribution in [1.82, 2.24) is 20.0 Å². The molecule has 3 amide bonds. The Morgan fingerprint density at radius 1 is 1.11 bits per heavy atom. The fourth-order valence-corrected chi connectivity index (χ4v) is 5.13. The van der Waals surface area contributed by atoms with Crippen LogP contribution in [0.2, 0.25) is 0 Å². The molecule has 0 bridgehead atoms. The molecule has 0 spiro atoms. The molecule has 3 heterocycles. The average molecular weight is 501 g/mol. The predicted molar refractivity (Wildman–Crippen MR) is 130 cm³/mol. The number of nitrogens with zero attached hydrogens (tertiary/aromatic N) is 3. The van der Waals surface area contributed by atoms with Crippen LogP contribution in [0.15, 0.2) is 52.4 Å². The largest absolute Gasteiger partial charge is 0.463 e. The summed E-state index contributed by atoms with van der Waals surface area (Å²) in [6.45, 7) is 6.79. The second-order valence-electron chi connectivity index (χ2n) is 8.34. The van der Waals surface area contributed by atoms with Crippen LogP contribution in [0.3, 0.4) is 0 Å². The van der Waals surface area contributed by atoms with Crippen LogP contribution >= 0.6 is 11.3 Å². The standard InChI is InChI=1S/C25H29FN4O4S/c1-3-30-20(21(24(32)34-4-2)22(27-25(30)33)18-9-14-35-16-18)15-28-10-12-29(13-11-28)23(31)17-5-7-19(26)8-6-17/h5-9,14,16,22H,3-4,10-13,15H2,1-2H3,(H,27,33). The molecule has 1 aromatic carbocycles. The van der Waals surface area contributed by atoms with E-state index in [1.807, 2.05) is 23.8 Å². The number of thiophene rings is 1. The Labute approximate surface area is 207 Å². The fourth-order valence-electron chi connectivity index (χ4n) is 4.44. The van der Waals surface area contributed by atoms with Crippen LogP contribution in [0, 0.1) is 5.82 Å². The first-order valence-electron chi connectivity index (χ1n) is 11.7. The van der Waals surface area contributed by atoms with Crippen LogP contribution in [0.25, 0.3) is 0 Å². The van der Waals surface area contributed by atoms with Gasteiger partial charge in [0.2, 0.25) is 0 Å². The highest BCUT2D eigenvalue weighted by Crippen LogP contribution is 2.33. The van der Waals surface area contributed by atoms with E-state index in [1.54, 1.807) is 16.7 Å². The van der Waals surface area contributed by atoms with E-state index in [2.05, 4.69) is 10.2 Å². The summed E-state index contributed by atoms with van der Waals surface area (Å²) < 4.78 is 18.6. The zero-order chi connectivity index (χ0) is 24.9. The van der Waals surface area contributed by atoms with E-state index < -0.39 is 12.0 Å². The summed E-state index contributed by atoms with van der Waals surface area (Å²) in [6.07, 6.45) is 0. The molecule has 0 radical (unpaired) electrons. The molecule has 1 atom stereocenters. The number of piperazine rings is 1. The molecule has 1 unspecified atom stereocenters. The highest BCUT2D eigenvalue weighted by atomic mass is 32.1. The summed E-state index contributed by atoms with van der Waals surface area (Å²) in [5.74, 6) is -0.960. The highest BCUT2D eigenvalue weighted by Gasteiger charge is 2.38. The number of rotatable bonds is 7. The first-order valence-corrected chi connectivity index (χ1v) is 12.6. The molecule has 0 aliphatic carbocycles. The summed E-state index contributed by atoms with van der Waals surface area (Å²) in [7, 11) is 0. The molecule has 1 aromatic heterocycles. The quantitative estimate of drug-likeness (QED) is 0.591. The van der Waals surface area contributed by atoms with Crippen molar-refractivity contribution < 1.29 is 23.5 Å². The molecule has 4 rings (SSSR count). The van der Waals surface area contributed by atoms with Crippen molar-refractivity contribution >= 4 is 29.2 Å². The van der Waals surface area contributed by atoms with E-state index in [0.29, 0.717) is 56.1 Å². The Kier molecular flexibility index (Phi) is 7.82. The van der Waals surface area contributed by atoms with Gasteiger partial charge >= 0.3 is 12.0 Å². The lowest BCUT2D eigenvalue weighted by molar-refractivity contribution is -0.139. The Balaban J connectivity index is 1.55. The monoisotopic (exact) mass is 500 g/mol. The maximum absolute atomic E-state index is 13.2. The first kappa shape index (κ1) is 24.9.